The van der Waals surface area contributed by atoms with Gasteiger partial charge in [0.2, 0.25) is 0 Å². The van der Waals surface area contributed by atoms with E-state index in [4.69, 9.17) is 38.4 Å². The number of halogens is 1. The zero-order chi connectivity index (χ0) is 24.4. The highest BCUT2D eigenvalue weighted by Gasteiger charge is 2.18. The Bertz CT molecular complexity index is 1320. The van der Waals surface area contributed by atoms with Gasteiger partial charge in [0.1, 0.15) is 11.6 Å². The first-order valence-corrected chi connectivity index (χ1v) is 12.2. The van der Waals surface area contributed by atoms with Gasteiger partial charge in [-0.3, -0.25) is 14.1 Å². The van der Waals surface area contributed by atoms with E-state index in [1.807, 2.05) is 45.8 Å². The minimum atomic E-state index is 0.246. The van der Waals surface area contributed by atoms with Crippen LogP contribution in [-0.2, 0) is 26.3 Å². The summed E-state index contributed by atoms with van der Waals surface area (Å²) in [5.74, 6) is 2.06. The molecule has 0 fully saturated rings. The van der Waals surface area contributed by atoms with Gasteiger partial charge in [0.05, 0.1) is 31.7 Å². The second kappa shape index (κ2) is 10.3. The summed E-state index contributed by atoms with van der Waals surface area (Å²) in [5.41, 5.74) is 4.43. The van der Waals surface area contributed by atoms with Crippen molar-refractivity contribution in [3.05, 3.63) is 86.6 Å². The number of aryl methyl sites for hydroxylation is 1. The summed E-state index contributed by atoms with van der Waals surface area (Å²) in [6, 6.07) is 11.7. The van der Waals surface area contributed by atoms with E-state index in [0.717, 1.165) is 40.1 Å². The SMILES string of the molecule is Cc1nn(Cc2ccccc2Cl)c(C)c1CN(C)Cn1nc(C(C)C)n(Cc2ccco2)c1=S. The van der Waals surface area contributed by atoms with Crippen LogP contribution in [0.1, 0.15) is 53.9 Å². The summed E-state index contributed by atoms with van der Waals surface area (Å²) < 4.78 is 12.2. The quantitative estimate of drug-likeness (QED) is 0.274. The van der Waals surface area contributed by atoms with Crippen molar-refractivity contribution in [2.24, 2.45) is 0 Å². The summed E-state index contributed by atoms with van der Waals surface area (Å²) >= 11 is 12.2. The van der Waals surface area contributed by atoms with Crippen LogP contribution in [0.3, 0.4) is 0 Å². The third-order valence-corrected chi connectivity index (χ3v) is 6.77. The molecular formula is C25H31ClN6OS. The lowest BCUT2D eigenvalue weighted by Crippen LogP contribution is -2.23. The fourth-order valence-electron chi connectivity index (χ4n) is 4.14. The predicted octanol–water partition coefficient (Wildman–Crippen LogP) is 5.78. The highest BCUT2D eigenvalue weighted by Crippen LogP contribution is 2.21. The van der Waals surface area contributed by atoms with Crippen LogP contribution >= 0.6 is 23.8 Å². The van der Waals surface area contributed by atoms with Gasteiger partial charge in [0.25, 0.3) is 0 Å². The number of hydrogen-bond acceptors (Lipinski definition) is 5. The fraction of sp³-hybridized carbons (Fsp3) is 0.400. The van der Waals surface area contributed by atoms with Gasteiger partial charge in [0, 0.05) is 28.7 Å². The summed E-state index contributed by atoms with van der Waals surface area (Å²) in [5, 5.41) is 10.4. The molecule has 0 unspecified atom stereocenters. The lowest BCUT2D eigenvalue weighted by atomic mass is 10.2. The molecule has 0 aliphatic carbocycles. The van der Waals surface area contributed by atoms with Crippen LogP contribution in [0, 0.1) is 18.6 Å². The molecule has 3 aromatic heterocycles. The first-order chi connectivity index (χ1) is 16.2. The van der Waals surface area contributed by atoms with Gasteiger partial charge < -0.3 is 4.42 Å². The Hall–Kier alpha value is -2.68. The second-order valence-electron chi connectivity index (χ2n) is 9.01. The Morgan fingerprint density at radius 3 is 2.50 bits per heavy atom. The number of nitrogens with zero attached hydrogens (tertiary/aromatic N) is 6. The molecule has 34 heavy (non-hydrogen) atoms. The van der Waals surface area contributed by atoms with E-state index in [1.165, 1.54) is 5.56 Å². The molecule has 0 amide bonds. The van der Waals surface area contributed by atoms with Crippen molar-refractivity contribution in [3.63, 3.8) is 0 Å². The molecule has 1 aromatic carbocycles. The van der Waals surface area contributed by atoms with Crippen molar-refractivity contribution in [1.29, 1.82) is 0 Å². The average Bonchev–Trinajstić information content (AvgIpc) is 3.48. The van der Waals surface area contributed by atoms with Crippen molar-refractivity contribution in [1.82, 2.24) is 29.0 Å². The van der Waals surface area contributed by atoms with Crippen molar-refractivity contribution in [3.8, 4) is 0 Å². The molecule has 0 aliphatic heterocycles. The predicted molar refractivity (Wildman–Crippen MR) is 137 cm³/mol. The molecular weight excluding hydrogens is 468 g/mol. The molecule has 0 atom stereocenters. The van der Waals surface area contributed by atoms with Gasteiger partial charge in [-0.1, -0.05) is 43.6 Å². The molecule has 0 spiro atoms. The van der Waals surface area contributed by atoms with Gasteiger partial charge >= 0.3 is 0 Å². The summed E-state index contributed by atoms with van der Waals surface area (Å²) in [7, 11) is 2.08. The smallest absolute Gasteiger partial charge is 0.199 e. The molecule has 0 saturated heterocycles. The molecule has 180 valence electrons. The molecule has 0 aliphatic rings. The lowest BCUT2D eigenvalue weighted by Gasteiger charge is -2.17. The van der Waals surface area contributed by atoms with Crippen molar-refractivity contribution in [2.75, 3.05) is 7.05 Å². The van der Waals surface area contributed by atoms with Crippen molar-refractivity contribution < 1.29 is 4.42 Å². The van der Waals surface area contributed by atoms with E-state index in [1.54, 1.807) is 6.26 Å². The Kier molecular flexibility index (Phi) is 7.40. The van der Waals surface area contributed by atoms with Gasteiger partial charge in [-0.25, -0.2) is 4.68 Å². The standard InChI is InChI=1S/C25H31ClN6OS/c1-17(2)24-28-32(25(34)30(24)14-21-10-8-12-33-21)16-29(5)15-22-18(3)27-31(19(22)4)13-20-9-6-7-11-23(20)26/h6-12,17H,13-16H2,1-5H3. The molecule has 4 aromatic rings. The lowest BCUT2D eigenvalue weighted by molar-refractivity contribution is 0.242. The van der Waals surface area contributed by atoms with Crippen LogP contribution in [0.5, 0.6) is 0 Å². The highest BCUT2D eigenvalue weighted by molar-refractivity contribution is 7.71. The van der Waals surface area contributed by atoms with E-state index in [-0.39, 0.29) is 5.92 Å². The minimum absolute atomic E-state index is 0.246. The maximum atomic E-state index is 6.37. The summed E-state index contributed by atoms with van der Waals surface area (Å²) in [4.78, 5) is 2.21. The van der Waals surface area contributed by atoms with E-state index in [2.05, 4.69) is 44.2 Å². The molecule has 9 heteroatoms. The highest BCUT2D eigenvalue weighted by atomic mass is 35.5. The number of aromatic nitrogens is 5. The first-order valence-electron chi connectivity index (χ1n) is 11.4. The number of hydrogen-bond donors (Lipinski definition) is 0. The third kappa shape index (κ3) is 5.19. The fourth-order valence-corrected chi connectivity index (χ4v) is 4.59. The largest absolute Gasteiger partial charge is 0.467 e. The molecule has 3 heterocycles. The number of rotatable bonds is 9. The van der Waals surface area contributed by atoms with Crippen molar-refractivity contribution >= 4 is 23.8 Å². The van der Waals surface area contributed by atoms with Gasteiger partial charge in [-0.05, 0) is 56.9 Å². The van der Waals surface area contributed by atoms with Gasteiger partial charge in [0.15, 0.2) is 4.77 Å². The van der Waals surface area contributed by atoms with Crippen LogP contribution in [-0.4, -0.2) is 36.1 Å². The molecule has 0 N–H and O–H groups in total. The normalized spacial score (nSPS) is 11.8. The maximum absolute atomic E-state index is 6.37. The maximum Gasteiger partial charge on any atom is 0.199 e. The molecule has 4 rings (SSSR count). The molecule has 0 saturated carbocycles. The Balaban J connectivity index is 1.52. The average molecular weight is 499 g/mol. The van der Waals surface area contributed by atoms with E-state index < -0.39 is 0 Å². The first kappa shape index (κ1) is 24.4. The number of furan rings is 1. The topological polar surface area (TPSA) is 57.0 Å². The van der Waals surface area contributed by atoms with Crippen LogP contribution in [0.4, 0.5) is 0 Å². The van der Waals surface area contributed by atoms with Crippen LogP contribution < -0.4 is 0 Å². The van der Waals surface area contributed by atoms with Gasteiger partial charge in [-0.15, -0.1) is 0 Å². The number of benzene rings is 1. The third-order valence-electron chi connectivity index (χ3n) is 5.97. The summed E-state index contributed by atoms with van der Waals surface area (Å²) in [6.07, 6.45) is 1.68. The van der Waals surface area contributed by atoms with Crippen LogP contribution in [0.25, 0.3) is 0 Å². The van der Waals surface area contributed by atoms with E-state index in [0.29, 0.717) is 24.5 Å². The van der Waals surface area contributed by atoms with E-state index in [9.17, 15) is 0 Å². The Morgan fingerprint density at radius 1 is 1.06 bits per heavy atom. The zero-order valence-corrected chi connectivity index (χ0v) is 21.9. The Labute approximate surface area is 210 Å². The molecule has 0 bridgehead atoms. The molecule has 7 nitrogen and oxygen atoms in total. The van der Waals surface area contributed by atoms with Crippen LogP contribution in [0.15, 0.2) is 47.1 Å². The Morgan fingerprint density at radius 2 is 1.82 bits per heavy atom. The minimum Gasteiger partial charge on any atom is -0.467 e. The van der Waals surface area contributed by atoms with Crippen LogP contribution in [0.2, 0.25) is 5.02 Å². The summed E-state index contributed by atoms with van der Waals surface area (Å²) in [6.45, 7) is 11.0. The van der Waals surface area contributed by atoms with Gasteiger partial charge in [-0.2, -0.15) is 10.2 Å². The second-order valence-corrected chi connectivity index (χ2v) is 9.79. The van der Waals surface area contributed by atoms with E-state index >= 15 is 0 Å². The zero-order valence-electron chi connectivity index (χ0n) is 20.3. The monoisotopic (exact) mass is 498 g/mol. The molecule has 0 radical (unpaired) electrons. The van der Waals surface area contributed by atoms with Crippen molar-refractivity contribution in [2.45, 2.75) is 59.9 Å².